The average molecular weight is 355 g/mol. The molecule has 9 heteroatoms. The molecule has 2 aromatic rings. The van der Waals surface area contributed by atoms with E-state index in [0.29, 0.717) is 11.4 Å². The number of amides is 1. The molecule has 23 heavy (non-hydrogen) atoms. The number of carbonyl (C=O) groups is 1. The van der Waals surface area contributed by atoms with Crippen molar-refractivity contribution in [2.75, 3.05) is 15.9 Å². The molecule has 0 saturated carbocycles. The first kappa shape index (κ1) is 17.2. The van der Waals surface area contributed by atoms with Crippen LogP contribution in [0.1, 0.15) is 12.1 Å². The summed E-state index contributed by atoms with van der Waals surface area (Å²) in [6, 6.07) is 7.43. The predicted octanol–water partition coefficient (Wildman–Crippen LogP) is 2.15. The Kier molecular flexibility index (Phi) is 5.51. The zero-order valence-electron chi connectivity index (χ0n) is 12.3. The lowest BCUT2D eigenvalue weighted by atomic mass is 10.3. The van der Waals surface area contributed by atoms with E-state index in [1.807, 2.05) is 0 Å². The number of hydrogen-bond donors (Lipinski definition) is 2. The van der Waals surface area contributed by atoms with Crippen molar-refractivity contribution in [3.63, 3.8) is 0 Å². The van der Waals surface area contributed by atoms with E-state index in [1.165, 1.54) is 30.5 Å². The van der Waals surface area contributed by atoms with E-state index in [1.54, 1.807) is 13.0 Å². The van der Waals surface area contributed by atoms with E-state index >= 15 is 0 Å². The van der Waals surface area contributed by atoms with Gasteiger partial charge in [-0.1, -0.05) is 0 Å². The number of anilines is 2. The summed E-state index contributed by atoms with van der Waals surface area (Å²) in [5, 5.41) is 2.62. The highest BCUT2D eigenvalue weighted by Crippen LogP contribution is 2.16. The van der Waals surface area contributed by atoms with Gasteiger partial charge in [0.15, 0.2) is 0 Å². The van der Waals surface area contributed by atoms with E-state index in [2.05, 4.69) is 20.0 Å². The van der Waals surface area contributed by atoms with Crippen LogP contribution in [0.4, 0.5) is 11.6 Å². The van der Waals surface area contributed by atoms with Crippen LogP contribution < -0.4 is 10.0 Å². The number of aromatic nitrogens is 2. The number of carbonyl (C=O) groups excluding carboxylic acids is 1. The van der Waals surface area contributed by atoms with Gasteiger partial charge in [0.2, 0.25) is 11.9 Å². The Hall–Kier alpha value is -2.19. The molecule has 0 spiro atoms. The molecule has 2 N–H and O–H groups in total. The fraction of sp³-hybridized carbons (Fsp3) is 0.214. The number of alkyl halides is 1. The fourth-order valence-corrected chi connectivity index (χ4v) is 2.83. The maximum absolute atomic E-state index is 12.3. The number of rotatable bonds is 6. The minimum Gasteiger partial charge on any atom is -0.326 e. The molecule has 0 aliphatic heterocycles. The Morgan fingerprint density at radius 2 is 1.91 bits per heavy atom. The zero-order chi connectivity index (χ0) is 16.9. The van der Waals surface area contributed by atoms with Crippen LogP contribution in [0.15, 0.2) is 41.4 Å². The molecule has 1 aromatic heterocycles. The first-order valence-electron chi connectivity index (χ1n) is 6.69. The molecule has 1 amide bonds. The van der Waals surface area contributed by atoms with Crippen LogP contribution in [0.25, 0.3) is 0 Å². The van der Waals surface area contributed by atoms with Crippen molar-refractivity contribution >= 4 is 39.2 Å². The van der Waals surface area contributed by atoms with Gasteiger partial charge in [0.05, 0.1) is 4.90 Å². The molecule has 0 radical (unpaired) electrons. The van der Waals surface area contributed by atoms with E-state index in [9.17, 15) is 13.2 Å². The van der Waals surface area contributed by atoms with Crippen LogP contribution in [0.2, 0.25) is 0 Å². The van der Waals surface area contributed by atoms with Gasteiger partial charge in [-0.2, -0.15) is 0 Å². The monoisotopic (exact) mass is 354 g/mol. The van der Waals surface area contributed by atoms with E-state index in [4.69, 9.17) is 11.6 Å². The summed E-state index contributed by atoms with van der Waals surface area (Å²) in [6.45, 7) is 1.73. The summed E-state index contributed by atoms with van der Waals surface area (Å²) in [7, 11) is -3.79. The highest BCUT2D eigenvalue weighted by Gasteiger charge is 2.15. The maximum Gasteiger partial charge on any atom is 0.264 e. The second-order valence-electron chi connectivity index (χ2n) is 4.64. The van der Waals surface area contributed by atoms with Gasteiger partial charge in [-0.05, 0) is 37.3 Å². The Bertz CT molecular complexity index is 794. The number of nitrogens with one attached hydrogen (secondary N) is 2. The molecular formula is C14H15ClN4O3S. The lowest BCUT2D eigenvalue weighted by Crippen LogP contribution is -2.15. The first-order chi connectivity index (χ1) is 10.9. The molecule has 1 aromatic carbocycles. The lowest BCUT2D eigenvalue weighted by Gasteiger charge is -2.08. The second kappa shape index (κ2) is 7.38. The van der Waals surface area contributed by atoms with Gasteiger partial charge < -0.3 is 5.32 Å². The Morgan fingerprint density at radius 3 is 2.52 bits per heavy atom. The van der Waals surface area contributed by atoms with Gasteiger partial charge in [0.25, 0.3) is 10.0 Å². The van der Waals surface area contributed by atoms with Crippen LogP contribution in [0, 0.1) is 6.92 Å². The quantitative estimate of drug-likeness (QED) is 0.774. The number of benzene rings is 1. The second-order valence-corrected chi connectivity index (χ2v) is 6.70. The molecule has 122 valence electrons. The Balaban J connectivity index is 2.12. The van der Waals surface area contributed by atoms with Crippen molar-refractivity contribution in [2.24, 2.45) is 0 Å². The summed E-state index contributed by atoms with van der Waals surface area (Å²) in [5.41, 5.74) is 1.14. The average Bonchev–Trinajstić information content (AvgIpc) is 2.47. The number of halogens is 1. The highest BCUT2D eigenvalue weighted by atomic mass is 35.5. The van der Waals surface area contributed by atoms with Crippen molar-refractivity contribution < 1.29 is 13.2 Å². The number of hydrogen-bond acceptors (Lipinski definition) is 5. The van der Waals surface area contributed by atoms with Crippen molar-refractivity contribution in [3.05, 3.63) is 42.2 Å². The van der Waals surface area contributed by atoms with Gasteiger partial charge in [0, 0.05) is 29.9 Å². The SMILES string of the molecule is Cc1ccnc(NS(=O)(=O)c2ccc(NC(=O)CCCl)cc2)n1. The molecule has 0 aliphatic carbocycles. The standard InChI is InChI=1S/C14H15ClN4O3S/c1-10-7-9-16-14(17-10)19-23(21,22)12-4-2-11(3-5-12)18-13(20)6-8-15/h2-5,7,9H,6,8H2,1H3,(H,18,20)(H,16,17,19). The van der Waals surface area contributed by atoms with Crippen molar-refractivity contribution in [2.45, 2.75) is 18.2 Å². The Labute approximate surface area is 139 Å². The third-order valence-electron chi connectivity index (χ3n) is 2.79. The zero-order valence-corrected chi connectivity index (χ0v) is 13.9. The molecule has 0 bridgehead atoms. The van der Waals surface area contributed by atoms with Crippen LogP contribution in [0.3, 0.4) is 0 Å². The summed E-state index contributed by atoms with van der Waals surface area (Å²) in [5.74, 6) is -0.00926. The van der Waals surface area contributed by atoms with Gasteiger partial charge in [0.1, 0.15) is 0 Å². The van der Waals surface area contributed by atoms with Gasteiger partial charge >= 0.3 is 0 Å². The lowest BCUT2D eigenvalue weighted by molar-refractivity contribution is -0.115. The van der Waals surface area contributed by atoms with Crippen molar-refractivity contribution in [1.29, 1.82) is 0 Å². The molecule has 0 saturated heterocycles. The highest BCUT2D eigenvalue weighted by molar-refractivity contribution is 7.92. The van der Waals surface area contributed by atoms with Crippen LogP contribution in [-0.2, 0) is 14.8 Å². The third-order valence-corrected chi connectivity index (χ3v) is 4.32. The van der Waals surface area contributed by atoms with Crippen LogP contribution in [0.5, 0.6) is 0 Å². The molecule has 7 nitrogen and oxygen atoms in total. The van der Waals surface area contributed by atoms with E-state index in [-0.39, 0.29) is 29.1 Å². The number of nitrogens with zero attached hydrogens (tertiary/aromatic N) is 2. The molecule has 0 unspecified atom stereocenters. The van der Waals surface area contributed by atoms with Gasteiger partial charge in [-0.15, -0.1) is 11.6 Å². The van der Waals surface area contributed by atoms with Crippen LogP contribution >= 0.6 is 11.6 Å². The Morgan fingerprint density at radius 1 is 1.22 bits per heavy atom. The maximum atomic E-state index is 12.3. The molecular weight excluding hydrogens is 340 g/mol. The van der Waals surface area contributed by atoms with Crippen LogP contribution in [-0.4, -0.2) is 30.2 Å². The molecule has 2 rings (SSSR count). The topological polar surface area (TPSA) is 101 Å². The van der Waals surface area contributed by atoms with E-state index < -0.39 is 10.0 Å². The third kappa shape index (κ3) is 4.90. The fourth-order valence-electron chi connectivity index (χ4n) is 1.70. The first-order valence-corrected chi connectivity index (χ1v) is 8.71. The summed E-state index contributed by atoms with van der Waals surface area (Å²) < 4.78 is 26.8. The van der Waals surface area contributed by atoms with Crippen molar-refractivity contribution in [1.82, 2.24) is 9.97 Å². The van der Waals surface area contributed by atoms with Gasteiger partial charge in [-0.3, -0.25) is 4.79 Å². The largest absolute Gasteiger partial charge is 0.326 e. The number of aryl methyl sites for hydroxylation is 1. The predicted molar refractivity (Wildman–Crippen MR) is 88.0 cm³/mol. The molecule has 1 heterocycles. The molecule has 0 aliphatic rings. The normalized spacial score (nSPS) is 11.0. The summed E-state index contributed by atoms with van der Waals surface area (Å²) in [4.78, 5) is 19.3. The molecule has 0 atom stereocenters. The summed E-state index contributed by atoms with van der Waals surface area (Å²) in [6.07, 6.45) is 1.66. The van der Waals surface area contributed by atoms with Gasteiger partial charge in [-0.25, -0.2) is 23.1 Å². The van der Waals surface area contributed by atoms with E-state index in [0.717, 1.165) is 0 Å². The minimum absolute atomic E-state index is 0.00416. The number of sulfonamides is 1. The smallest absolute Gasteiger partial charge is 0.264 e. The molecule has 0 fully saturated rings. The minimum atomic E-state index is -3.79. The van der Waals surface area contributed by atoms with Crippen molar-refractivity contribution in [3.8, 4) is 0 Å². The summed E-state index contributed by atoms with van der Waals surface area (Å²) >= 11 is 5.48.